The first-order chi connectivity index (χ1) is 13.5. The zero-order chi connectivity index (χ0) is 20.1. The fourth-order valence-corrected chi connectivity index (χ4v) is 3.40. The van der Waals surface area contributed by atoms with Gasteiger partial charge >= 0.3 is 6.03 Å². The van der Waals surface area contributed by atoms with Crippen molar-refractivity contribution in [1.29, 1.82) is 5.41 Å². The van der Waals surface area contributed by atoms with Crippen LogP contribution >= 0.6 is 0 Å². The SMILES string of the molecule is N=C(NC(=O)CCN=C(N)N)[C@@H]1CC[C@@H]2CN1C(=O)N2OCc1ccccc1. The number of benzene rings is 1. The van der Waals surface area contributed by atoms with E-state index >= 15 is 0 Å². The molecular weight excluding hydrogens is 362 g/mol. The fourth-order valence-electron chi connectivity index (χ4n) is 3.40. The fraction of sp³-hybridized carbons (Fsp3) is 0.444. The Kier molecular flexibility index (Phi) is 6.09. The van der Waals surface area contributed by atoms with E-state index in [1.807, 2.05) is 30.3 Å². The number of guanidine groups is 1. The van der Waals surface area contributed by atoms with E-state index in [0.717, 1.165) is 5.56 Å². The van der Waals surface area contributed by atoms with Gasteiger partial charge in [-0.3, -0.25) is 20.0 Å². The summed E-state index contributed by atoms with van der Waals surface area (Å²) >= 11 is 0. The highest BCUT2D eigenvalue weighted by atomic mass is 16.7. The van der Waals surface area contributed by atoms with Crippen molar-refractivity contribution < 1.29 is 14.4 Å². The molecule has 3 amide bonds. The standard InChI is InChI=1S/C18H25N7O3/c19-16(23-15(26)8-9-22-17(20)21)14-7-6-13-10-24(14)18(27)25(13)28-11-12-4-2-1-3-5-12/h1-5,13-14H,6-11H2,(H2,19,23,26)(H4,20,21,22)/t13-,14+/m1/s1. The van der Waals surface area contributed by atoms with Gasteiger partial charge in [0.15, 0.2) is 5.96 Å². The van der Waals surface area contributed by atoms with E-state index in [2.05, 4.69) is 10.3 Å². The summed E-state index contributed by atoms with van der Waals surface area (Å²) in [5, 5.41) is 12.2. The molecule has 2 fully saturated rings. The van der Waals surface area contributed by atoms with Gasteiger partial charge in [-0.2, -0.15) is 5.06 Å². The number of piperidine rings is 1. The van der Waals surface area contributed by atoms with Gasteiger partial charge in [-0.15, -0.1) is 0 Å². The lowest BCUT2D eigenvalue weighted by Gasteiger charge is -2.30. The van der Waals surface area contributed by atoms with Gasteiger partial charge in [-0.05, 0) is 18.4 Å². The first-order valence-electron chi connectivity index (χ1n) is 9.16. The van der Waals surface area contributed by atoms with Crippen molar-refractivity contribution in [3.05, 3.63) is 35.9 Å². The van der Waals surface area contributed by atoms with Crippen LogP contribution < -0.4 is 16.8 Å². The zero-order valence-electron chi connectivity index (χ0n) is 15.5. The highest BCUT2D eigenvalue weighted by Crippen LogP contribution is 2.30. The number of carbonyl (C=O) groups excluding carboxylic acids is 2. The van der Waals surface area contributed by atoms with E-state index in [9.17, 15) is 9.59 Å². The summed E-state index contributed by atoms with van der Waals surface area (Å²) < 4.78 is 0. The average molecular weight is 387 g/mol. The molecule has 1 aromatic carbocycles. The summed E-state index contributed by atoms with van der Waals surface area (Å²) in [5.41, 5.74) is 11.4. The normalized spacial score (nSPS) is 20.8. The first-order valence-corrected chi connectivity index (χ1v) is 9.16. The van der Waals surface area contributed by atoms with Crippen LogP contribution in [0.3, 0.4) is 0 Å². The third-order valence-electron chi connectivity index (χ3n) is 4.78. The number of amidine groups is 1. The molecule has 0 radical (unpaired) electrons. The highest BCUT2D eigenvalue weighted by molar-refractivity contribution is 6.01. The second-order valence-corrected chi connectivity index (χ2v) is 6.79. The van der Waals surface area contributed by atoms with Crippen LogP contribution in [0.2, 0.25) is 0 Å². The summed E-state index contributed by atoms with van der Waals surface area (Å²) in [5.74, 6) is -0.438. The van der Waals surface area contributed by atoms with Crippen molar-refractivity contribution in [2.45, 2.75) is 38.0 Å². The minimum atomic E-state index is -0.471. The minimum Gasteiger partial charge on any atom is -0.370 e. The van der Waals surface area contributed by atoms with Gasteiger partial charge in [0.1, 0.15) is 12.4 Å². The van der Waals surface area contributed by atoms with Crippen LogP contribution in [0, 0.1) is 5.41 Å². The molecule has 2 saturated heterocycles. The maximum Gasteiger partial charge on any atom is 0.344 e. The number of amides is 3. The van der Waals surface area contributed by atoms with Crippen LogP contribution in [0.15, 0.2) is 35.3 Å². The molecule has 28 heavy (non-hydrogen) atoms. The van der Waals surface area contributed by atoms with Crippen molar-refractivity contribution >= 4 is 23.7 Å². The van der Waals surface area contributed by atoms with Gasteiger partial charge in [0, 0.05) is 13.0 Å². The number of nitrogens with one attached hydrogen (secondary N) is 2. The zero-order valence-corrected chi connectivity index (χ0v) is 15.5. The molecule has 150 valence electrons. The van der Waals surface area contributed by atoms with Crippen LogP contribution in [0.5, 0.6) is 0 Å². The van der Waals surface area contributed by atoms with Gasteiger partial charge in [0.25, 0.3) is 0 Å². The number of hydrogen-bond donors (Lipinski definition) is 4. The van der Waals surface area contributed by atoms with E-state index in [0.29, 0.717) is 26.0 Å². The molecule has 2 aliphatic rings. The quantitative estimate of drug-likeness (QED) is 0.388. The lowest BCUT2D eigenvalue weighted by atomic mass is 10.00. The molecule has 0 unspecified atom stereocenters. The van der Waals surface area contributed by atoms with Crippen LogP contribution in [-0.4, -0.2) is 58.9 Å². The smallest absolute Gasteiger partial charge is 0.344 e. The number of hydroxylamine groups is 2. The number of nitrogens with two attached hydrogens (primary N) is 2. The van der Waals surface area contributed by atoms with Crippen LogP contribution in [0.1, 0.15) is 24.8 Å². The lowest BCUT2D eigenvalue weighted by molar-refractivity contribution is -0.140. The molecule has 2 heterocycles. The highest BCUT2D eigenvalue weighted by Gasteiger charge is 2.47. The molecule has 10 heteroatoms. The summed E-state index contributed by atoms with van der Waals surface area (Å²) in [7, 11) is 0. The Morgan fingerprint density at radius 3 is 2.75 bits per heavy atom. The molecular formula is C18H25N7O3. The van der Waals surface area contributed by atoms with Gasteiger partial charge in [-0.1, -0.05) is 30.3 Å². The van der Waals surface area contributed by atoms with E-state index in [-0.39, 0.29) is 42.7 Å². The molecule has 0 aliphatic carbocycles. The summed E-state index contributed by atoms with van der Waals surface area (Å²) in [6.45, 7) is 0.934. The Morgan fingerprint density at radius 2 is 2.04 bits per heavy atom. The molecule has 6 N–H and O–H groups in total. The molecule has 10 nitrogen and oxygen atoms in total. The number of rotatable bonds is 7. The van der Waals surface area contributed by atoms with Gasteiger partial charge in [0.2, 0.25) is 5.91 Å². The van der Waals surface area contributed by atoms with E-state index in [1.165, 1.54) is 5.06 Å². The molecule has 2 bridgehead atoms. The predicted molar refractivity (Wildman–Crippen MR) is 103 cm³/mol. The van der Waals surface area contributed by atoms with Gasteiger partial charge in [0.05, 0.1) is 18.6 Å². The Balaban J connectivity index is 1.54. The van der Waals surface area contributed by atoms with E-state index in [1.54, 1.807) is 4.90 Å². The Morgan fingerprint density at radius 1 is 1.29 bits per heavy atom. The van der Waals surface area contributed by atoms with Crippen LogP contribution in [0.25, 0.3) is 0 Å². The Hall–Kier alpha value is -3.14. The van der Waals surface area contributed by atoms with Crippen LogP contribution in [-0.2, 0) is 16.2 Å². The van der Waals surface area contributed by atoms with E-state index in [4.69, 9.17) is 21.7 Å². The molecule has 0 spiro atoms. The number of aliphatic imine (C=N–C) groups is 1. The number of urea groups is 1. The predicted octanol–water partition coefficient (Wildman–Crippen LogP) is 0.144. The number of carbonyl (C=O) groups is 2. The van der Waals surface area contributed by atoms with Crippen molar-refractivity contribution in [2.24, 2.45) is 16.5 Å². The number of hydrogen-bond acceptors (Lipinski definition) is 5. The molecule has 1 aromatic rings. The van der Waals surface area contributed by atoms with Crippen molar-refractivity contribution in [3.8, 4) is 0 Å². The van der Waals surface area contributed by atoms with Gasteiger partial charge in [-0.25, -0.2) is 4.79 Å². The summed E-state index contributed by atoms with van der Waals surface area (Å²) in [6, 6.07) is 8.83. The molecule has 2 atom stereocenters. The lowest BCUT2D eigenvalue weighted by Crippen LogP contribution is -2.50. The number of fused-ring (bicyclic) bond motifs is 2. The maximum atomic E-state index is 12.7. The van der Waals surface area contributed by atoms with Crippen LogP contribution in [0.4, 0.5) is 4.79 Å². The summed E-state index contributed by atoms with van der Waals surface area (Å²) in [4.78, 5) is 35.7. The molecule has 2 aliphatic heterocycles. The molecule has 3 rings (SSSR count). The second kappa shape index (κ2) is 8.70. The largest absolute Gasteiger partial charge is 0.370 e. The minimum absolute atomic E-state index is 0.00593. The molecule has 0 saturated carbocycles. The van der Waals surface area contributed by atoms with Gasteiger partial charge < -0.3 is 21.7 Å². The summed E-state index contributed by atoms with van der Waals surface area (Å²) in [6.07, 6.45) is 1.36. The number of nitrogens with zero attached hydrogens (tertiary/aromatic N) is 3. The third-order valence-corrected chi connectivity index (χ3v) is 4.78. The molecule has 0 aromatic heterocycles. The maximum absolute atomic E-state index is 12.7. The van der Waals surface area contributed by atoms with Crippen molar-refractivity contribution in [1.82, 2.24) is 15.3 Å². The average Bonchev–Trinajstić information content (AvgIpc) is 2.90. The topological polar surface area (TPSA) is 150 Å². The second-order valence-electron chi connectivity index (χ2n) is 6.79. The van der Waals surface area contributed by atoms with Crippen molar-refractivity contribution in [2.75, 3.05) is 13.1 Å². The Bertz CT molecular complexity index is 764. The third kappa shape index (κ3) is 4.58. The first kappa shape index (κ1) is 19.6. The Labute approximate surface area is 163 Å². The monoisotopic (exact) mass is 387 g/mol. The van der Waals surface area contributed by atoms with Crippen molar-refractivity contribution in [3.63, 3.8) is 0 Å². The van der Waals surface area contributed by atoms with E-state index < -0.39 is 6.04 Å².